The van der Waals surface area contributed by atoms with Gasteiger partial charge in [-0.2, -0.15) is 0 Å². The molecule has 0 fully saturated rings. The lowest BCUT2D eigenvalue weighted by molar-refractivity contribution is -0.138. The fourth-order valence-electron chi connectivity index (χ4n) is 4.08. The van der Waals surface area contributed by atoms with E-state index in [-0.39, 0.29) is 0 Å². The highest BCUT2D eigenvalue weighted by atomic mass is 16.5. The van der Waals surface area contributed by atoms with Crippen LogP contribution in [0, 0.1) is 13.8 Å². The first-order valence-electron chi connectivity index (χ1n) is 12.7. The molecule has 0 aromatic heterocycles. The summed E-state index contributed by atoms with van der Waals surface area (Å²) < 4.78 is 12.4. The van der Waals surface area contributed by atoms with Crippen LogP contribution in [0.4, 0.5) is 0 Å². The molecule has 4 aromatic carbocycles. The van der Waals surface area contributed by atoms with Gasteiger partial charge in [0.1, 0.15) is 29.0 Å². The molecule has 0 radical (unpaired) electrons. The third-order valence-corrected chi connectivity index (χ3v) is 6.30. The van der Waals surface area contributed by atoms with Crippen molar-refractivity contribution < 1.29 is 19.4 Å². The van der Waals surface area contributed by atoms with Crippen molar-refractivity contribution in [3.8, 4) is 23.0 Å². The molecule has 0 heterocycles. The first-order chi connectivity index (χ1) is 18.4. The first-order valence-corrected chi connectivity index (χ1v) is 12.7. The van der Waals surface area contributed by atoms with Gasteiger partial charge in [-0.1, -0.05) is 71.8 Å². The van der Waals surface area contributed by atoms with Crippen molar-refractivity contribution in [3.05, 3.63) is 119 Å². The van der Waals surface area contributed by atoms with E-state index in [0.29, 0.717) is 26.1 Å². The summed E-state index contributed by atoms with van der Waals surface area (Å²) in [4.78, 5) is 13.6. The highest BCUT2D eigenvalue weighted by Crippen LogP contribution is 2.30. The minimum absolute atomic E-state index is 0.317. The van der Waals surface area contributed by atoms with Crippen LogP contribution in [0.2, 0.25) is 0 Å². The molecule has 0 saturated carbocycles. The molecule has 3 N–H and O–H groups in total. The van der Waals surface area contributed by atoms with E-state index < -0.39 is 12.0 Å². The van der Waals surface area contributed by atoms with Crippen molar-refractivity contribution in [1.82, 2.24) is 4.90 Å². The molecule has 0 saturated heterocycles. The number of aryl methyl sites for hydroxylation is 2. The average molecular weight is 511 g/mol. The normalized spacial score (nSPS) is 11.8. The molecule has 38 heavy (non-hydrogen) atoms. The number of hydrogen-bond acceptors (Lipinski definition) is 5. The molecule has 1 atom stereocenters. The number of benzene rings is 4. The van der Waals surface area contributed by atoms with Crippen LogP contribution >= 0.6 is 0 Å². The van der Waals surface area contributed by atoms with Gasteiger partial charge in [0.2, 0.25) is 0 Å². The van der Waals surface area contributed by atoms with E-state index >= 15 is 0 Å². The fraction of sp³-hybridized carbons (Fsp3) is 0.219. The van der Waals surface area contributed by atoms with Crippen molar-refractivity contribution in [2.45, 2.75) is 39.4 Å². The average Bonchev–Trinajstić information content (AvgIpc) is 2.91. The van der Waals surface area contributed by atoms with Crippen LogP contribution in [0.5, 0.6) is 23.0 Å². The Labute approximate surface area is 224 Å². The maximum absolute atomic E-state index is 11.4. The monoisotopic (exact) mass is 510 g/mol. The van der Waals surface area contributed by atoms with E-state index in [0.717, 1.165) is 45.3 Å². The van der Waals surface area contributed by atoms with Crippen LogP contribution in [0.15, 0.2) is 97.1 Å². The third-order valence-electron chi connectivity index (χ3n) is 6.30. The minimum atomic E-state index is -1.00. The van der Waals surface area contributed by atoms with Crippen LogP contribution in [-0.2, 0) is 17.9 Å². The molecular formula is C32H34N2O4. The van der Waals surface area contributed by atoms with Crippen molar-refractivity contribution >= 4 is 5.97 Å². The first kappa shape index (κ1) is 26.9. The minimum Gasteiger partial charge on any atom is -0.480 e. The Morgan fingerprint density at radius 2 is 1.16 bits per heavy atom. The maximum atomic E-state index is 11.4. The zero-order chi connectivity index (χ0) is 26.9. The predicted octanol–water partition coefficient (Wildman–Crippen LogP) is 6.69. The fourth-order valence-corrected chi connectivity index (χ4v) is 4.08. The van der Waals surface area contributed by atoms with E-state index in [9.17, 15) is 9.90 Å². The summed E-state index contributed by atoms with van der Waals surface area (Å²) in [5.74, 6) is 2.04. The number of nitrogens with two attached hydrogens (primary N) is 1. The predicted molar refractivity (Wildman–Crippen MR) is 150 cm³/mol. The summed E-state index contributed by atoms with van der Waals surface area (Å²) in [5.41, 5.74) is 10.2. The number of para-hydroxylation sites is 2. The highest BCUT2D eigenvalue weighted by Gasteiger charge is 2.18. The van der Waals surface area contributed by atoms with Crippen LogP contribution in [0.3, 0.4) is 0 Å². The molecule has 0 spiro atoms. The topological polar surface area (TPSA) is 85.0 Å². The molecule has 6 heteroatoms. The molecule has 0 aliphatic heterocycles. The van der Waals surface area contributed by atoms with Gasteiger partial charge in [-0.3, -0.25) is 9.69 Å². The Hall–Kier alpha value is -4.13. The lowest BCUT2D eigenvalue weighted by atomic mass is 10.1. The van der Waals surface area contributed by atoms with Gasteiger partial charge in [0.05, 0.1) is 0 Å². The van der Waals surface area contributed by atoms with Gasteiger partial charge in [-0.15, -0.1) is 0 Å². The van der Waals surface area contributed by atoms with E-state index in [1.54, 1.807) is 0 Å². The van der Waals surface area contributed by atoms with E-state index in [1.165, 1.54) is 0 Å². The summed E-state index contributed by atoms with van der Waals surface area (Å²) in [6.45, 7) is 5.67. The van der Waals surface area contributed by atoms with E-state index in [4.69, 9.17) is 15.2 Å². The molecule has 196 valence electrons. The number of hydrogen-bond donors (Lipinski definition) is 2. The summed E-state index contributed by atoms with van der Waals surface area (Å²) in [6, 6.07) is 30.8. The number of ether oxygens (including phenoxy) is 2. The van der Waals surface area contributed by atoms with Crippen LogP contribution in [0.1, 0.15) is 28.7 Å². The van der Waals surface area contributed by atoms with Crippen molar-refractivity contribution in [2.24, 2.45) is 5.73 Å². The molecule has 4 aromatic rings. The van der Waals surface area contributed by atoms with Gasteiger partial charge in [0.25, 0.3) is 0 Å². The zero-order valence-corrected chi connectivity index (χ0v) is 21.8. The van der Waals surface area contributed by atoms with Crippen molar-refractivity contribution in [1.29, 1.82) is 0 Å². The van der Waals surface area contributed by atoms with Crippen LogP contribution in [-0.4, -0.2) is 28.6 Å². The maximum Gasteiger partial charge on any atom is 0.320 e. The van der Waals surface area contributed by atoms with Gasteiger partial charge in [-0.05, 0) is 56.7 Å². The summed E-state index contributed by atoms with van der Waals surface area (Å²) in [7, 11) is 0. The Bertz CT molecular complexity index is 1240. The van der Waals surface area contributed by atoms with Gasteiger partial charge < -0.3 is 20.3 Å². The Kier molecular flexibility index (Phi) is 9.14. The molecule has 6 nitrogen and oxygen atoms in total. The van der Waals surface area contributed by atoms with E-state index in [2.05, 4.69) is 4.90 Å². The van der Waals surface area contributed by atoms with Gasteiger partial charge in [-0.25, -0.2) is 0 Å². The van der Waals surface area contributed by atoms with E-state index in [1.807, 2.05) is 111 Å². The van der Waals surface area contributed by atoms with Gasteiger partial charge >= 0.3 is 5.97 Å². The molecule has 0 bridgehead atoms. The molecule has 0 aliphatic carbocycles. The van der Waals surface area contributed by atoms with Crippen molar-refractivity contribution in [3.63, 3.8) is 0 Å². The second kappa shape index (κ2) is 12.9. The summed E-state index contributed by atoms with van der Waals surface area (Å²) in [6.07, 6.45) is 0.317. The molecule has 4 rings (SSSR count). The zero-order valence-electron chi connectivity index (χ0n) is 21.8. The number of nitrogens with zero attached hydrogens (tertiary/aromatic N) is 1. The smallest absolute Gasteiger partial charge is 0.320 e. The molecular weight excluding hydrogens is 476 g/mol. The van der Waals surface area contributed by atoms with Crippen LogP contribution in [0.25, 0.3) is 0 Å². The van der Waals surface area contributed by atoms with Crippen molar-refractivity contribution in [2.75, 3.05) is 6.54 Å². The number of aliphatic carboxylic acids is 1. The van der Waals surface area contributed by atoms with Crippen LogP contribution < -0.4 is 15.2 Å². The molecule has 0 amide bonds. The number of carboxylic acids is 1. The quantitative estimate of drug-likeness (QED) is 0.221. The third kappa shape index (κ3) is 7.68. The number of rotatable bonds is 12. The Morgan fingerprint density at radius 1 is 0.737 bits per heavy atom. The second-order valence-electron chi connectivity index (χ2n) is 9.49. The standard InChI is InChI=1S/C32H34N2O4/c1-23-11-15-27(16-12-23)37-30-9-5-3-7-25(30)21-34(20-19-29(33)32(35)36)22-26-8-4-6-10-31(26)38-28-17-13-24(2)14-18-28/h3-18,29H,19-22,33H2,1-2H3,(H,35,36)/t29-/m0/s1. The number of carboxylic acid groups (broad SMARTS) is 1. The van der Waals surface area contributed by atoms with Gasteiger partial charge in [0.15, 0.2) is 0 Å². The highest BCUT2D eigenvalue weighted by molar-refractivity contribution is 5.73. The lowest BCUT2D eigenvalue weighted by Crippen LogP contribution is -2.35. The Balaban J connectivity index is 1.57. The second-order valence-corrected chi connectivity index (χ2v) is 9.49. The molecule has 0 unspecified atom stereocenters. The summed E-state index contributed by atoms with van der Waals surface area (Å²) >= 11 is 0. The Morgan fingerprint density at radius 3 is 1.58 bits per heavy atom. The lowest BCUT2D eigenvalue weighted by Gasteiger charge is -2.25. The largest absolute Gasteiger partial charge is 0.480 e. The molecule has 0 aliphatic rings. The number of carbonyl (C=O) groups is 1. The SMILES string of the molecule is Cc1ccc(Oc2ccccc2CN(CC[C@H](N)C(=O)O)Cc2ccccc2Oc2ccc(C)cc2)cc1. The summed E-state index contributed by atoms with van der Waals surface area (Å²) in [5, 5.41) is 9.35. The van der Waals surface area contributed by atoms with Gasteiger partial charge in [0, 0.05) is 30.8 Å².